The maximum Gasteiger partial charge on any atom is 0.323 e. The van der Waals surface area contributed by atoms with E-state index in [0.717, 1.165) is 11.3 Å². The van der Waals surface area contributed by atoms with Crippen LogP contribution in [0, 0.1) is 0 Å². The number of amides is 2. The van der Waals surface area contributed by atoms with Gasteiger partial charge in [0.25, 0.3) is 0 Å². The number of hydrogen-bond acceptors (Lipinski definition) is 4. The molecule has 3 rings (SSSR count). The van der Waals surface area contributed by atoms with Crippen LogP contribution in [-0.4, -0.2) is 37.4 Å². The molecule has 0 saturated carbocycles. The number of urea groups is 1. The predicted molar refractivity (Wildman–Crippen MR) is 116 cm³/mol. The molecule has 28 heavy (non-hydrogen) atoms. The maximum absolute atomic E-state index is 12.9. The van der Waals surface area contributed by atoms with E-state index in [9.17, 15) is 4.79 Å². The lowest BCUT2D eigenvalue weighted by Crippen LogP contribution is -2.34. The number of methoxy groups -OCH3 is 2. The fraction of sp³-hybridized carbons (Fsp3) is 0.409. The van der Waals surface area contributed by atoms with E-state index in [0.29, 0.717) is 23.7 Å². The Morgan fingerprint density at radius 2 is 1.68 bits per heavy atom. The Morgan fingerprint density at radius 1 is 1.07 bits per heavy atom. The largest absolute Gasteiger partial charge is 0.497 e. The molecule has 2 amide bonds. The minimum absolute atomic E-state index is 0.0153. The van der Waals surface area contributed by atoms with E-state index in [1.54, 1.807) is 44.2 Å². The summed E-state index contributed by atoms with van der Waals surface area (Å²) in [4.78, 5) is 14.8. The van der Waals surface area contributed by atoms with Crippen LogP contribution in [0.25, 0.3) is 0 Å². The maximum atomic E-state index is 12.9. The minimum atomic E-state index is -0.120. The second kappa shape index (κ2) is 8.35. The van der Waals surface area contributed by atoms with Crippen molar-refractivity contribution in [3.8, 4) is 11.5 Å². The number of benzene rings is 2. The lowest BCUT2D eigenvalue weighted by atomic mass is 9.87. The molecule has 5 nitrogen and oxygen atoms in total. The zero-order valence-electron chi connectivity index (χ0n) is 17.1. The van der Waals surface area contributed by atoms with Gasteiger partial charge in [-0.3, -0.25) is 0 Å². The van der Waals surface area contributed by atoms with E-state index in [1.807, 2.05) is 4.90 Å². The van der Waals surface area contributed by atoms with Crippen LogP contribution in [0.15, 0.2) is 42.5 Å². The van der Waals surface area contributed by atoms with Crippen molar-refractivity contribution in [1.29, 1.82) is 0 Å². The highest BCUT2D eigenvalue weighted by Gasteiger charge is 2.31. The predicted octanol–water partition coefficient (Wildman–Crippen LogP) is 5.28. The summed E-state index contributed by atoms with van der Waals surface area (Å²) in [6, 6.07) is 13.8. The van der Waals surface area contributed by atoms with Crippen LogP contribution in [0.5, 0.6) is 11.5 Å². The third-order valence-corrected chi connectivity index (χ3v) is 6.08. The summed E-state index contributed by atoms with van der Waals surface area (Å²) in [5.74, 6) is 2.19. The van der Waals surface area contributed by atoms with Gasteiger partial charge in [-0.05, 0) is 16.5 Å². The van der Waals surface area contributed by atoms with Gasteiger partial charge >= 0.3 is 6.03 Å². The van der Waals surface area contributed by atoms with Crippen molar-refractivity contribution in [2.45, 2.75) is 31.6 Å². The van der Waals surface area contributed by atoms with E-state index in [4.69, 9.17) is 9.47 Å². The summed E-state index contributed by atoms with van der Waals surface area (Å²) in [6.45, 7) is 7.32. The molecule has 1 fully saturated rings. The number of nitrogens with one attached hydrogen (secondary N) is 1. The Morgan fingerprint density at radius 3 is 2.21 bits per heavy atom. The molecule has 1 heterocycles. The smallest absolute Gasteiger partial charge is 0.323 e. The highest BCUT2D eigenvalue weighted by molar-refractivity contribution is 7.99. The van der Waals surface area contributed by atoms with Crippen LogP contribution in [0.4, 0.5) is 10.5 Å². The van der Waals surface area contributed by atoms with E-state index in [-0.39, 0.29) is 16.8 Å². The molecule has 0 unspecified atom stereocenters. The van der Waals surface area contributed by atoms with Crippen molar-refractivity contribution in [3.05, 3.63) is 53.6 Å². The number of carbonyl (C=O) groups is 1. The first-order valence-corrected chi connectivity index (χ1v) is 10.4. The van der Waals surface area contributed by atoms with Gasteiger partial charge in [0, 0.05) is 36.2 Å². The molecule has 6 heteroatoms. The summed E-state index contributed by atoms with van der Waals surface area (Å²) in [7, 11) is 3.18. The normalized spacial score (nSPS) is 16.8. The third-order valence-electron chi connectivity index (χ3n) is 4.82. The summed E-state index contributed by atoms with van der Waals surface area (Å²) in [6.07, 6.45) is 0. The molecule has 0 spiro atoms. The zero-order chi connectivity index (χ0) is 20.3. The van der Waals surface area contributed by atoms with Gasteiger partial charge in [-0.25, -0.2) is 4.79 Å². The van der Waals surface area contributed by atoms with Crippen molar-refractivity contribution in [3.63, 3.8) is 0 Å². The molecule has 1 atom stereocenters. The monoisotopic (exact) mass is 400 g/mol. The van der Waals surface area contributed by atoms with Crippen LogP contribution < -0.4 is 14.8 Å². The first-order chi connectivity index (χ1) is 13.3. The highest BCUT2D eigenvalue weighted by atomic mass is 32.2. The van der Waals surface area contributed by atoms with Crippen molar-refractivity contribution >= 4 is 23.5 Å². The van der Waals surface area contributed by atoms with E-state index >= 15 is 0 Å². The lowest BCUT2D eigenvalue weighted by Gasteiger charge is -2.26. The van der Waals surface area contributed by atoms with Crippen molar-refractivity contribution < 1.29 is 14.3 Å². The first kappa shape index (κ1) is 20.4. The van der Waals surface area contributed by atoms with Crippen molar-refractivity contribution in [2.24, 2.45) is 0 Å². The van der Waals surface area contributed by atoms with Gasteiger partial charge in [-0.1, -0.05) is 45.0 Å². The topological polar surface area (TPSA) is 50.8 Å². The fourth-order valence-corrected chi connectivity index (χ4v) is 4.43. The van der Waals surface area contributed by atoms with Crippen molar-refractivity contribution in [2.75, 3.05) is 31.8 Å². The fourth-order valence-electron chi connectivity index (χ4n) is 3.18. The summed E-state index contributed by atoms with van der Waals surface area (Å²) in [5, 5.41) is 3.00. The number of rotatable bonds is 4. The quantitative estimate of drug-likeness (QED) is 0.758. The van der Waals surface area contributed by atoms with Crippen LogP contribution in [0.1, 0.15) is 37.3 Å². The van der Waals surface area contributed by atoms with Gasteiger partial charge in [-0.15, -0.1) is 11.8 Å². The van der Waals surface area contributed by atoms with Crippen LogP contribution in [-0.2, 0) is 5.41 Å². The molecule has 1 N–H and O–H groups in total. The molecule has 1 aliphatic heterocycles. The van der Waals surface area contributed by atoms with Crippen molar-refractivity contribution in [1.82, 2.24) is 4.90 Å². The molecule has 0 bridgehead atoms. The SMILES string of the molecule is COc1cc(NC(=O)N2CCS[C@H]2c2ccc(C(C)(C)C)cc2)cc(OC)c1. The molecule has 150 valence electrons. The number of hydrogen-bond donors (Lipinski definition) is 1. The molecular formula is C22H28N2O3S. The Balaban J connectivity index is 1.76. The summed E-state index contributed by atoms with van der Waals surface area (Å²) < 4.78 is 10.6. The van der Waals surface area contributed by atoms with Gasteiger partial charge in [-0.2, -0.15) is 0 Å². The zero-order valence-corrected chi connectivity index (χ0v) is 17.9. The summed E-state index contributed by atoms with van der Waals surface area (Å²) in [5.41, 5.74) is 3.21. The molecule has 1 aliphatic rings. The van der Waals surface area contributed by atoms with E-state index < -0.39 is 0 Å². The molecule has 0 aromatic heterocycles. The van der Waals surface area contributed by atoms with Gasteiger partial charge in [0.05, 0.1) is 14.2 Å². The second-order valence-electron chi connectivity index (χ2n) is 7.82. The molecule has 1 saturated heterocycles. The first-order valence-electron chi connectivity index (χ1n) is 9.34. The second-order valence-corrected chi connectivity index (χ2v) is 9.01. The van der Waals surface area contributed by atoms with E-state index in [1.165, 1.54) is 5.56 Å². The van der Waals surface area contributed by atoms with Crippen LogP contribution in [0.3, 0.4) is 0 Å². The number of carbonyl (C=O) groups excluding carboxylic acids is 1. The molecular weight excluding hydrogens is 372 g/mol. The number of anilines is 1. The Hall–Kier alpha value is -2.34. The average molecular weight is 401 g/mol. The number of ether oxygens (including phenoxy) is 2. The standard InChI is InChI=1S/C22H28N2O3S/c1-22(2,3)16-8-6-15(7-9-16)20-24(10-11-28-20)21(25)23-17-12-18(26-4)14-19(13-17)27-5/h6-9,12-14,20H,10-11H2,1-5H3,(H,23,25)/t20-/m0/s1. The van der Waals surface area contributed by atoms with E-state index in [2.05, 4.69) is 50.4 Å². The van der Waals surface area contributed by atoms with Gasteiger partial charge in [0.1, 0.15) is 16.9 Å². The van der Waals surface area contributed by atoms with Gasteiger partial charge < -0.3 is 19.7 Å². The molecule has 0 aliphatic carbocycles. The number of thioether (sulfide) groups is 1. The lowest BCUT2D eigenvalue weighted by molar-refractivity contribution is 0.214. The third kappa shape index (κ3) is 4.55. The molecule has 2 aromatic rings. The minimum Gasteiger partial charge on any atom is -0.497 e. The molecule has 0 radical (unpaired) electrons. The Labute approximate surface area is 171 Å². The van der Waals surface area contributed by atoms with Gasteiger partial charge in [0.15, 0.2) is 0 Å². The van der Waals surface area contributed by atoms with Crippen LogP contribution in [0.2, 0.25) is 0 Å². The summed E-state index contributed by atoms with van der Waals surface area (Å²) >= 11 is 1.79. The van der Waals surface area contributed by atoms with Gasteiger partial charge in [0.2, 0.25) is 0 Å². The average Bonchev–Trinajstić information content (AvgIpc) is 3.17. The Kier molecular flexibility index (Phi) is 6.08. The Bertz CT molecular complexity index is 808. The van der Waals surface area contributed by atoms with Crippen LogP contribution >= 0.6 is 11.8 Å². The molecule has 2 aromatic carbocycles. The highest BCUT2D eigenvalue weighted by Crippen LogP contribution is 2.39. The number of nitrogens with zero attached hydrogens (tertiary/aromatic N) is 1.